The molecule has 1 saturated heterocycles. The normalized spacial score (nSPS) is 18.3. The SMILES string of the molecule is Cc1ccc([C@H]2[C@H](c3ccccn3)NC(=S)N2CCC(=O)Nc2ccccc2F)s1. The first-order valence-electron chi connectivity index (χ1n) is 9.61. The Morgan fingerprint density at radius 2 is 2.03 bits per heavy atom. The largest absolute Gasteiger partial charge is 0.352 e. The predicted octanol–water partition coefficient (Wildman–Crippen LogP) is 4.59. The van der Waals surface area contributed by atoms with Crippen molar-refractivity contribution < 1.29 is 9.18 Å². The van der Waals surface area contributed by atoms with Crippen molar-refractivity contribution in [2.24, 2.45) is 0 Å². The second-order valence-corrected chi connectivity index (χ2v) is 8.75. The van der Waals surface area contributed by atoms with Gasteiger partial charge in [-0.3, -0.25) is 9.78 Å². The zero-order valence-corrected chi connectivity index (χ0v) is 18.0. The Bertz CT molecular complexity index is 1060. The van der Waals surface area contributed by atoms with E-state index in [1.807, 2.05) is 23.1 Å². The number of para-hydroxylation sites is 1. The van der Waals surface area contributed by atoms with Crippen LogP contribution in [0, 0.1) is 12.7 Å². The molecule has 2 N–H and O–H groups in total. The van der Waals surface area contributed by atoms with E-state index in [-0.39, 0.29) is 30.1 Å². The average molecular weight is 441 g/mol. The number of anilines is 1. The van der Waals surface area contributed by atoms with Crippen molar-refractivity contribution in [3.63, 3.8) is 0 Å². The summed E-state index contributed by atoms with van der Waals surface area (Å²) in [6, 6.07) is 16.0. The molecule has 0 bridgehead atoms. The molecule has 0 radical (unpaired) electrons. The lowest BCUT2D eigenvalue weighted by Crippen LogP contribution is -2.32. The van der Waals surface area contributed by atoms with Crippen LogP contribution in [0.4, 0.5) is 10.1 Å². The third-order valence-corrected chi connectivity index (χ3v) is 6.40. The Labute approximate surface area is 183 Å². The van der Waals surface area contributed by atoms with Gasteiger partial charge in [-0.25, -0.2) is 4.39 Å². The van der Waals surface area contributed by atoms with E-state index in [1.165, 1.54) is 10.9 Å². The second kappa shape index (κ2) is 8.89. The Hall–Kier alpha value is -2.84. The summed E-state index contributed by atoms with van der Waals surface area (Å²) in [6.45, 7) is 2.48. The molecule has 1 fully saturated rings. The molecule has 1 aromatic carbocycles. The summed E-state index contributed by atoms with van der Waals surface area (Å²) in [5.41, 5.74) is 1.08. The first-order chi connectivity index (χ1) is 14.5. The number of rotatable bonds is 6. The van der Waals surface area contributed by atoms with Gasteiger partial charge in [0.05, 0.1) is 23.5 Å². The van der Waals surface area contributed by atoms with Crippen LogP contribution >= 0.6 is 23.6 Å². The number of nitrogens with one attached hydrogen (secondary N) is 2. The van der Waals surface area contributed by atoms with Gasteiger partial charge in [-0.1, -0.05) is 18.2 Å². The minimum Gasteiger partial charge on any atom is -0.352 e. The lowest BCUT2D eigenvalue weighted by Gasteiger charge is -2.26. The minimum absolute atomic E-state index is 0.0626. The standard InChI is InChI=1S/C22H21FN4OS2/c1-14-9-10-18(30-14)21-20(17-8-4-5-12-24-17)26-22(29)27(21)13-11-19(28)25-16-7-3-2-6-15(16)23/h2-10,12,20-21H,11,13H2,1H3,(H,25,28)(H,26,29)/t20-,21-/m0/s1. The molecule has 5 nitrogen and oxygen atoms in total. The summed E-state index contributed by atoms with van der Waals surface area (Å²) in [6.07, 6.45) is 1.95. The molecule has 0 aliphatic carbocycles. The van der Waals surface area contributed by atoms with Crippen molar-refractivity contribution in [1.29, 1.82) is 0 Å². The van der Waals surface area contributed by atoms with Crippen molar-refractivity contribution in [2.45, 2.75) is 25.4 Å². The van der Waals surface area contributed by atoms with Crippen LogP contribution in [0.5, 0.6) is 0 Å². The third-order valence-electron chi connectivity index (χ3n) is 4.98. The molecular formula is C22H21FN4OS2. The molecule has 8 heteroatoms. The summed E-state index contributed by atoms with van der Waals surface area (Å²) in [5.74, 6) is -0.711. The lowest BCUT2D eigenvalue weighted by atomic mass is 10.0. The van der Waals surface area contributed by atoms with Gasteiger partial charge < -0.3 is 15.5 Å². The highest BCUT2D eigenvalue weighted by atomic mass is 32.1. The summed E-state index contributed by atoms with van der Waals surface area (Å²) >= 11 is 7.31. The van der Waals surface area contributed by atoms with E-state index in [1.54, 1.807) is 35.7 Å². The summed E-state index contributed by atoms with van der Waals surface area (Å²) in [7, 11) is 0. The molecule has 3 aromatic rings. The molecule has 1 aliphatic heterocycles. The molecule has 0 unspecified atom stereocenters. The molecule has 2 atom stereocenters. The van der Waals surface area contributed by atoms with Gasteiger partial charge in [0.25, 0.3) is 0 Å². The van der Waals surface area contributed by atoms with E-state index in [0.29, 0.717) is 11.7 Å². The van der Waals surface area contributed by atoms with Gasteiger partial charge in [-0.05, 0) is 55.5 Å². The van der Waals surface area contributed by atoms with Gasteiger partial charge in [0.2, 0.25) is 5.91 Å². The Balaban J connectivity index is 1.52. The zero-order valence-electron chi connectivity index (χ0n) is 16.3. The fourth-order valence-corrected chi connectivity index (χ4v) is 4.92. The second-order valence-electron chi connectivity index (χ2n) is 7.05. The van der Waals surface area contributed by atoms with Gasteiger partial charge in [0, 0.05) is 28.9 Å². The lowest BCUT2D eigenvalue weighted by molar-refractivity contribution is -0.116. The van der Waals surface area contributed by atoms with E-state index in [2.05, 4.69) is 34.7 Å². The number of pyridine rings is 1. The maximum atomic E-state index is 13.8. The number of halogens is 1. The quantitative estimate of drug-likeness (QED) is 0.549. The van der Waals surface area contributed by atoms with Gasteiger partial charge in [-0.2, -0.15) is 0 Å². The molecule has 1 amide bonds. The van der Waals surface area contributed by atoms with E-state index < -0.39 is 5.82 Å². The van der Waals surface area contributed by atoms with Crippen LogP contribution in [0.1, 0.15) is 34.0 Å². The highest BCUT2D eigenvalue weighted by Crippen LogP contribution is 2.41. The molecule has 4 rings (SSSR count). The summed E-state index contributed by atoms with van der Waals surface area (Å²) < 4.78 is 13.8. The predicted molar refractivity (Wildman–Crippen MR) is 121 cm³/mol. The van der Waals surface area contributed by atoms with E-state index in [9.17, 15) is 9.18 Å². The highest BCUT2D eigenvalue weighted by Gasteiger charge is 2.40. The van der Waals surface area contributed by atoms with Crippen LogP contribution in [0.15, 0.2) is 60.8 Å². The van der Waals surface area contributed by atoms with Crippen LogP contribution in [0.3, 0.4) is 0 Å². The van der Waals surface area contributed by atoms with E-state index in [4.69, 9.17) is 12.2 Å². The molecule has 3 heterocycles. The number of aryl methyl sites for hydroxylation is 1. The molecule has 0 spiro atoms. The van der Waals surface area contributed by atoms with E-state index in [0.717, 1.165) is 10.6 Å². The zero-order chi connectivity index (χ0) is 21.1. The first kappa shape index (κ1) is 20.4. The van der Waals surface area contributed by atoms with Crippen LogP contribution in [-0.2, 0) is 4.79 Å². The van der Waals surface area contributed by atoms with Crippen LogP contribution in [-0.4, -0.2) is 27.4 Å². The Kier molecular flexibility index (Phi) is 6.06. The third kappa shape index (κ3) is 4.34. The molecule has 30 heavy (non-hydrogen) atoms. The van der Waals surface area contributed by atoms with Crippen LogP contribution < -0.4 is 10.6 Å². The number of thiocarbonyl (C=S) groups is 1. The Morgan fingerprint density at radius 3 is 2.73 bits per heavy atom. The van der Waals surface area contributed by atoms with Crippen molar-refractivity contribution in [1.82, 2.24) is 15.2 Å². The van der Waals surface area contributed by atoms with E-state index >= 15 is 0 Å². The number of amides is 1. The van der Waals surface area contributed by atoms with Gasteiger partial charge in [-0.15, -0.1) is 11.3 Å². The monoisotopic (exact) mass is 440 g/mol. The highest BCUT2D eigenvalue weighted by molar-refractivity contribution is 7.80. The summed E-state index contributed by atoms with van der Waals surface area (Å²) in [5, 5.41) is 6.59. The molecule has 0 saturated carbocycles. The molecule has 2 aromatic heterocycles. The fraction of sp³-hybridized carbons (Fsp3) is 0.227. The van der Waals surface area contributed by atoms with Crippen molar-refractivity contribution in [3.8, 4) is 0 Å². The van der Waals surface area contributed by atoms with Gasteiger partial charge in [0.1, 0.15) is 5.82 Å². The maximum absolute atomic E-state index is 13.8. The maximum Gasteiger partial charge on any atom is 0.226 e. The number of aromatic nitrogens is 1. The molecule has 154 valence electrons. The smallest absolute Gasteiger partial charge is 0.226 e. The van der Waals surface area contributed by atoms with Crippen molar-refractivity contribution >= 4 is 40.3 Å². The van der Waals surface area contributed by atoms with Crippen molar-refractivity contribution in [3.05, 3.63) is 82.1 Å². The number of carbonyl (C=O) groups excluding carboxylic acids is 1. The molecule has 1 aliphatic rings. The minimum atomic E-state index is -0.452. The number of hydrogen-bond donors (Lipinski definition) is 2. The first-order valence-corrected chi connectivity index (χ1v) is 10.8. The number of nitrogens with zero attached hydrogens (tertiary/aromatic N) is 2. The van der Waals surface area contributed by atoms with Gasteiger partial charge in [0.15, 0.2) is 5.11 Å². The van der Waals surface area contributed by atoms with Gasteiger partial charge >= 0.3 is 0 Å². The van der Waals surface area contributed by atoms with Crippen LogP contribution in [0.25, 0.3) is 0 Å². The average Bonchev–Trinajstić information content (AvgIpc) is 3.31. The Morgan fingerprint density at radius 1 is 1.23 bits per heavy atom. The van der Waals surface area contributed by atoms with Crippen LogP contribution in [0.2, 0.25) is 0 Å². The molecular weight excluding hydrogens is 419 g/mol. The number of thiophene rings is 1. The number of benzene rings is 1. The van der Waals surface area contributed by atoms with Crippen molar-refractivity contribution in [2.75, 3.05) is 11.9 Å². The summed E-state index contributed by atoms with van der Waals surface area (Å²) in [4.78, 5) is 21.4. The topological polar surface area (TPSA) is 57.3 Å². The number of hydrogen-bond acceptors (Lipinski definition) is 4. The number of carbonyl (C=O) groups is 1. The fourth-order valence-electron chi connectivity index (χ4n) is 3.56.